The first kappa shape index (κ1) is 19.2. The molecule has 5 heteroatoms. The molecule has 0 aliphatic carbocycles. The van der Waals surface area contributed by atoms with Crippen molar-refractivity contribution in [1.29, 1.82) is 0 Å². The molecule has 0 bridgehead atoms. The van der Waals surface area contributed by atoms with Crippen LogP contribution in [0.4, 0.5) is 0 Å². The van der Waals surface area contributed by atoms with Crippen molar-refractivity contribution in [3.63, 3.8) is 0 Å². The molecule has 0 spiro atoms. The van der Waals surface area contributed by atoms with Crippen LogP contribution in [0.25, 0.3) is 0 Å². The third-order valence-corrected chi connectivity index (χ3v) is 3.44. The van der Waals surface area contributed by atoms with Crippen LogP contribution in [0, 0.1) is 0 Å². The number of carboxylic acids is 1. The van der Waals surface area contributed by atoms with Gasteiger partial charge in [-0.05, 0) is 30.4 Å². The van der Waals surface area contributed by atoms with Gasteiger partial charge in [0.15, 0.2) is 0 Å². The van der Waals surface area contributed by atoms with E-state index in [0.29, 0.717) is 0 Å². The van der Waals surface area contributed by atoms with Crippen LogP contribution in [0.15, 0.2) is 24.3 Å². The summed E-state index contributed by atoms with van der Waals surface area (Å²) in [4.78, 5) is 23.0. The zero-order valence-corrected chi connectivity index (χ0v) is 14.6. The fourth-order valence-electron chi connectivity index (χ4n) is 2.12. The Labute approximate surface area is 138 Å². The predicted molar refractivity (Wildman–Crippen MR) is 89.4 cm³/mol. The molecule has 1 amide bonds. The Bertz CT molecular complexity index is 529. The first-order chi connectivity index (χ1) is 10.6. The van der Waals surface area contributed by atoms with Crippen molar-refractivity contribution in [3.8, 4) is 0 Å². The normalized spacial score (nSPS) is 13.0. The standard InChI is InChI=1S/C18H27NO4/c1-12(2)23-11-16(20)19-15(10-17(21)22)13-6-8-14(9-7-13)18(3,4)5/h6-9,12,15H,10-11H2,1-5H3,(H,19,20)(H,21,22). The molecule has 0 heterocycles. The number of ether oxygens (including phenoxy) is 1. The van der Waals surface area contributed by atoms with Crippen molar-refractivity contribution in [2.45, 2.75) is 58.6 Å². The Hall–Kier alpha value is -1.88. The molecule has 0 aromatic heterocycles. The molecule has 0 radical (unpaired) electrons. The fraction of sp³-hybridized carbons (Fsp3) is 0.556. The Morgan fingerprint density at radius 3 is 2.17 bits per heavy atom. The number of benzene rings is 1. The second-order valence-corrected chi connectivity index (χ2v) is 6.95. The molecule has 1 aromatic rings. The number of aliphatic carboxylic acids is 1. The number of carboxylic acid groups (broad SMARTS) is 1. The Morgan fingerprint density at radius 1 is 1.17 bits per heavy atom. The fourth-order valence-corrected chi connectivity index (χ4v) is 2.12. The number of hydrogen-bond donors (Lipinski definition) is 2. The summed E-state index contributed by atoms with van der Waals surface area (Å²) in [6.07, 6.45) is -0.216. The highest BCUT2D eigenvalue weighted by atomic mass is 16.5. The minimum Gasteiger partial charge on any atom is -0.481 e. The summed E-state index contributed by atoms with van der Waals surface area (Å²) in [5, 5.41) is 11.8. The Kier molecular flexibility index (Phi) is 6.76. The van der Waals surface area contributed by atoms with E-state index < -0.39 is 12.0 Å². The molecule has 1 aromatic carbocycles. The molecular weight excluding hydrogens is 294 g/mol. The quantitative estimate of drug-likeness (QED) is 0.809. The van der Waals surface area contributed by atoms with Gasteiger partial charge in [0.05, 0.1) is 18.6 Å². The highest BCUT2D eigenvalue weighted by molar-refractivity contribution is 5.78. The molecule has 1 unspecified atom stereocenters. The molecule has 0 aliphatic rings. The van der Waals surface area contributed by atoms with E-state index in [1.54, 1.807) is 0 Å². The van der Waals surface area contributed by atoms with Crippen molar-refractivity contribution in [1.82, 2.24) is 5.32 Å². The molecule has 0 saturated carbocycles. The van der Waals surface area contributed by atoms with Crippen molar-refractivity contribution in [3.05, 3.63) is 35.4 Å². The zero-order chi connectivity index (χ0) is 17.6. The Morgan fingerprint density at radius 2 is 1.74 bits per heavy atom. The SMILES string of the molecule is CC(C)OCC(=O)NC(CC(=O)O)c1ccc(C(C)(C)C)cc1. The van der Waals surface area contributed by atoms with Gasteiger partial charge in [-0.1, -0.05) is 45.0 Å². The second kappa shape index (κ2) is 8.11. The summed E-state index contributed by atoms with van der Waals surface area (Å²) in [6.45, 7) is 9.94. The monoisotopic (exact) mass is 321 g/mol. The summed E-state index contributed by atoms with van der Waals surface area (Å²) in [5.74, 6) is -1.27. The topological polar surface area (TPSA) is 75.6 Å². The maximum atomic E-state index is 11.9. The number of hydrogen-bond acceptors (Lipinski definition) is 3. The molecule has 5 nitrogen and oxygen atoms in total. The first-order valence-corrected chi connectivity index (χ1v) is 7.83. The van der Waals surface area contributed by atoms with Crippen LogP contribution < -0.4 is 5.32 Å². The van der Waals surface area contributed by atoms with Gasteiger partial charge < -0.3 is 15.2 Å². The molecule has 1 rings (SSSR count). The summed E-state index contributed by atoms with van der Waals surface area (Å²) in [7, 11) is 0. The minimum absolute atomic E-state index is 0.0230. The van der Waals surface area contributed by atoms with Gasteiger partial charge in [-0.3, -0.25) is 9.59 Å². The van der Waals surface area contributed by atoms with Gasteiger partial charge in [0.1, 0.15) is 6.61 Å². The van der Waals surface area contributed by atoms with Gasteiger partial charge in [-0.15, -0.1) is 0 Å². The van der Waals surface area contributed by atoms with Crippen molar-refractivity contribution in [2.75, 3.05) is 6.61 Å². The van der Waals surface area contributed by atoms with Crippen molar-refractivity contribution >= 4 is 11.9 Å². The van der Waals surface area contributed by atoms with Crippen LogP contribution in [0.1, 0.15) is 58.2 Å². The summed E-state index contributed by atoms with van der Waals surface area (Å²) >= 11 is 0. The third kappa shape index (κ3) is 6.82. The van der Waals surface area contributed by atoms with Crippen LogP contribution >= 0.6 is 0 Å². The molecule has 0 fully saturated rings. The van der Waals surface area contributed by atoms with E-state index in [2.05, 4.69) is 26.1 Å². The first-order valence-electron chi connectivity index (χ1n) is 7.83. The van der Waals surface area contributed by atoms with E-state index in [9.17, 15) is 9.59 Å². The maximum Gasteiger partial charge on any atom is 0.305 e. The average molecular weight is 321 g/mol. The van der Waals surface area contributed by atoms with E-state index in [4.69, 9.17) is 9.84 Å². The summed E-state index contributed by atoms with van der Waals surface area (Å²) < 4.78 is 5.25. The maximum absolute atomic E-state index is 11.9. The van der Waals surface area contributed by atoms with E-state index >= 15 is 0 Å². The van der Waals surface area contributed by atoms with E-state index in [0.717, 1.165) is 11.1 Å². The number of rotatable bonds is 7. The van der Waals surface area contributed by atoms with E-state index in [-0.39, 0.29) is 30.5 Å². The van der Waals surface area contributed by atoms with Crippen molar-refractivity contribution < 1.29 is 19.4 Å². The van der Waals surface area contributed by atoms with Crippen LogP contribution in [-0.2, 0) is 19.7 Å². The highest BCUT2D eigenvalue weighted by Gasteiger charge is 2.20. The van der Waals surface area contributed by atoms with Crippen LogP contribution in [0.2, 0.25) is 0 Å². The van der Waals surface area contributed by atoms with Crippen LogP contribution in [0.5, 0.6) is 0 Å². The molecule has 128 valence electrons. The van der Waals surface area contributed by atoms with Gasteiger partial charge in [-0.25, -0.2) is 0 Å². The molecule has 0 saturated heterocycles. The van der Waals surface area contributed by atoms with Gasteiger partial charge >= 0.3 is 5.97 Å². The Balaban J connectivity index is 2.85. The average Bonchev–Trinajstić information content (AvgIpc) is 2.43. The number of amides is 1. The van der Waals surface area contributed by atoms with Gasteiger partial charge in [0.25, 0.3) is 0 Å². The number of carbonyl (C=O) groups excluding carboxylic acids is 1. The predicted octanol–water partition coefficient (Wildman–Crippen LogP) is 3.04. The zero-order valence-electron chi connectivity index (χ0n) is 14.6. The molecular formula is C18H27NO4. The molecule has 0 aliphatic heterocycles. The van der Waals surface area contributed by atoms with Gasteiger partial charge in [0.2, 0.25) is 5.91 Å². The molecule has 23 heavy (non-hydrogen) atoms. The smallest absolute Gasteiger partial charge is 0.305 e. The van der Waals surface area contributed by atoms with Crippen molar-refractivity contribution in [2.24, 2.45) is 0 Å². The lowest BCUT2D eigenvalue weighted by Crippen LogP contribution is -2.33. The van der Waals surface area contributed by atoms with Crippen LogP contribution in [-0.4, -0.2) is 29.7 Å². The number of nitrogens with one attached hydrogen (secondary N) is 1. The molecule has 1 atom stereocenters. The largest absolute Gasteiger partial charge is 0.481 e. The number of carbonyl (C=O) groups is 2. The summed E-state index contributed by atoms with van der Waals surface area (Å²) in [6, 6.07) is 7.13. The van der Waals surface area contributed by atoms with Gasteiger partial charge in [-0.2, -0.15) is 0 Å². The third-order valence-electron chi connectivity index (χ3n) is 3.44. The molecule has 2 N–H and O–H groups in total. The minimum atomic E-state index is -0.958. The lowest BCUT2D eigenvalue weighted by molar-refractivity contribution is -0.138. The van der Waals surface area contributed by atoms with E-state index in [1.165, 1.54) is 0 Å². The summed E-state index contributed by atoms with van der Waals surface area (Å²) in [5.41, 5.74) is 1.96. The van der Waals surface area contributed by atoms with Crippen LogP contribution in [0.3, 0.4) is 0 Å². The second-order valence-electron chi connectivity index (χ2n) is 6.95. The highest BCUT2D eigenvalue weighted by Crippen LogP contribution is 2.25. The lowest BCUT2D eigenvalue weighted by Gasteiger charge is -2.22. The van der Waals surface area contributed by atoms with Gasteiger partial charge in [0, 0.05) is 0 Å². The lowest BCUT2D eigenvalue weighted by atomic mass is 9.86. The van der Waals surface area contributed by atoms with E-state index in [1.807, 2.05) is 38.1 Å².